The molecule has 2 nitrogen and oxygen atoms in total. The van der Waals surface area contributed by atoms with Gasteiger partial charge in [-0.15, -0.1) is 0 Å². The molecule has 0 amide bonds. The Morgan fingerprint density at radius 2 is 1.71 bits per heavy atom. The van der Waals surface area contributed by atoms with Gasteiger partial charge in [-0.2, -0.15) is 0 Å². The Balaban J connectivity index is 1.79. The Hall–Kier alpha value is -1.80. The van der Waals surface area contributed by atoms with Gasteiger partial charge in [0.15, 0.2) is 0 Å². The van der Waals surface area contributed by atoms with Gasteiger partial charge in [0.1, 0.15) is 5.75 Å². The van der Waals surface area contributed by atoms with Crippen LogP contribution in [0, 0.1) is 13.5 Å². The van der Waals surface area contributed by atoms with Crippen molar-refractivity contribution in [1.29, 1.82) is 0 Å². The lowest BCUT2D eigenvalue weighted by atomic mass is 9.98. The Bertz CT molecular complexity index is 597. The third kappa shape index (κ3) is 3.27. The highest BCUT2D eigenvalue weighted by Gasteiger charge is 2.12. The first-order valence-electron chi connectivity index (χ1n) is 7.60. The van der Waals surface area contributed by atoms with Crippen LogP contribution in [0.2, 0.25) is 0 Å². The number of nitrogens with zero attached hydrogens (tertiary/aromatic N) is 1. The maximum absolute atomic E-state index is 5.22. The lowest BCUT2D eigenvalue weighted by Gasteiger charge is -2.15. The molecule has 0 unspecified atom stereocenters. The zero-order chi connectivity index (χ0) is 14.7. The van der Waals surface area contributed by atoms with E-state index in [0.717, 1.165) is 5.75 Å². The molecule has 21 heavy (non-hydrogen) atoms. The Morgan fingerprint density at radius 1 is 1.00 bits per heavy atom. The lowest BCUT2D eigenvalue weighted by Crippen LogP contribution is -2.16. The van der Waals surface area contributed by atoms with Crippen molar-refractivity contribution in [3.05, 3.63) is 60.1 Å². The molecular formula is C19H22NO. The van der Waals surface area contributed by atoms with Crippen LogP contribution in [0.25, 0.3) is 11.1 Å². The van der Waals surface area contributed by atoms with Crippen molar-refractivity contribution in [2.45, 2.75) is 19.8 Å². The van der Waals surface area contributed by atoms with E-state index in [2.05, 4.69) is 48.7 Å². The highest BCUT2D eigenvalue weighted by molar-refractivity contribution is 5.68. The number of likely N-dealkylation sites (tertiary alicyclic amines) is 1. The van der Waals surface area contributed by atoms with Crippen molar-refractivity contribution in [1.82, 2.24) is 4.90 Å². The van der Waals surface area contributed by atoms with Gasteiger partial charge in [-0.3, -0.25) is 4.90 Å². The third-order valence-corrected chi connectivity index (χ3v) is 4.12. The average molecular weight is 280 g/mol. The predicted molar refractivity (Wildman–Crippen MR) is 87.4 cm³/mol. The van der Waals surface area contributed by atoms with E-state index in [-0.39, 0.29) is 0 Å². The smallest absolute Gasteiger partial charge is 0.118 e. The van der Waals surface area contributed by atoms with Gasteiger partial charge in [0.25, 0.3) is 0 Å². The van der Waals surface area contributed by atoms with E-state index in [0.29, 0.717) is 0 Å². The minimum absolute atomic E-state index is 0.899. The molecule has 0 bridgehead atoms. The summed E-state index contributed by atoms with van der Waals surface area (Å²) in [6.45, 7) is 6.86. The predicted octanol–water partition coefficient (Wildman–Crippen LogP) is 4.28. The lowest BCUT2D eigenvalue weighted by molar-refractivity contribution is 0.415. The molecule has 0 aliphatic carbocycles. The van der Waals surface area contributed by atoms with Gasteiger partial charge in [0.2, 0.25) is 0 Å². The first-order chi connectivity index (χ1) is 10.3. The number of methoxy groups -OCH3 is 1. The van der Waals surface area contributed by atoms with E-state index in [4.69, 9.17) is 4.74 Å². The molecule has 2 aromatic rings. The molecule has 1 fully saturated rings. The summed E-state index contributed by atoms with van der Waals surface area (Å²) < 4.78 is 5.22. The topological polar surface area (TPSA) is 12.5 Å². The van der Waals surface area contributed by atoms with Crippen molar-refractivity contribution < 1.29 is 4.74 Å². The van der Waals surface area contributed by atoms with Gasteiger partial charge in [-0.1, -0.05) is 30.3 Å². The molecule has 0 N–H and O–H groups in total. The molecule has 2 aromatic carbocycles. The molecule has 0 spiro atoms. The van der Waals surface area contributed by atoms with Crippen LogP contribution in [0.15, 0.2) is 42.5 Å². The van der Waals surface area contributed by atoms with Gasteiger partial charge in [-0.05, 0) is 67.2 Å². The Morgan fingerprint density at radius 3 is 2.33 bits per heavy atom. The van der Waals surface area contributed by atoms with Crippen LogP contribution >= 0.6 is 0 Å². The number of aryl methyl sites for hydroxylation is 1. The number of hydrogen-bond donors (Lipinski definition) is 0. The molecular weight excluding hydrogens is 258 g/mol. The first kappa shape index (κ1) is 14.2. The van der Waals surface area contributed by atoms with E-state index < -0.39 is 0 Å². The van der Waals surface area contributed by atoms with Crippen molar-refractivity contribution in [2.75, 3.05) is 20.2 Å². The van der Waals surface area contributed by atoms with Gasteiger partial charge >= 0.3 is 0 Å². The highest BCUT2D eigenvalue weighted by Crippen LogP contribution is 2.27. The summed E-state index contributed by atoms with van der Waals surface area (Å²) in [6, 6.07) is 15.0. The molecule has 1 radical (unpaired) electrons. The summed E-state index contributed by atoms with van der Waals surface area (Å²) >= 11 is 0. The van der Waals surface area contributed by atoms with Crippen molar-refractivity contribution in [2.24, 2.45) is 0 Å². The molecule has 1 aliphatic heterocycles. The quantitative estimate of drug-likeness (QED) is 0.829. The normalized spacial score (nSPS) is 15.3. The molecule has 2 heteroatoms. The molecule has 1 heterocycles. The molecule has 3 rings (SSSR count). The van der Waals surface area contributed by atoms with E-state index >= 15 is 0 Å². The zero-order valence-corrected chi connectivity index (χ0v) is 12.8. The SMILES string of the molecule is COc1ccc(-c2ccc([CH]N3CCCC3)cc2C)cc1. The van der Waals surface area contributed by atoms with E-state index in [1.165, 1.54) is 48.2 Å². The minimum atomic E-state index is 0.899. The number of benzene rings is 2. The van der Waals surface area contributed by atoms with Crippen LogP contribution < -0.4 is 4.74 Å². The Kier molecular flexibility index (Phi) is 4.26. The van der Waals surface area contributed by atoms with Gasteiger partial charge < -0.3 is 4.74 Å². The molecule has 1 aliphatic rings. The third-order valence-electron chi connectivity index (χ3n) is 4.12. The van der Waals surface area contributed by atoms with Gasteiger partial charge in [-0.25, -0.2) is 0 Å². The number of rotatable bonds is 4. The summed E-state index contributed by atoms with van der Waals surface area (Å²) in [6.07, 6.45) is 2.64. The second-order valence-electron chi connectivity index (χ2n) is 5.68. The van der Waals surface area contributed by atoms with Crippen molar-refractivity contribution in [3.63, 3.8) is 0 Å². The van der Waals surface area contributed by atoms with Crippen molar-refractivity contribution >= 4 is 0 Å². The maximum Gasteiger partial charge on any atom is 0.118 e. The summed E-state index contributed by atoms with van der Waals surface area (Å²) in [5, 5.41) is 0. The summed E-state index contributed by atoms with van der Waals surface area (Å²) in [4.78, 5) is 2.42. The van der Waals surface area contributed by atoms with E-state index in [1.54, 1.807) is 7.11 Å². The van der Waals surface area contributed by atoms with Crippen LogP contribution in [0.1, 0.15) is 24.0 Å². The largest absolute Gasteiger partial charge is 0.497 e. The number of ether oxygens (including phenoxy) is 1. The fraction of sp³-hybridized carbons (Fsp3) is 0.316. The fourth-order valence-corrected chi connectivity index (χ4v) is 2.94. The summed E-state index contributed by atoms with van der Waals surface area (Å²) in [7, 11) is 1.70. The molecule has 0 saturated carbocycles. The second kappa shape index (κ2) is 6.31. The highest BCUT2D eigenvalue weighted by atomic mass is 16.5. The molecule has 1 saturated heterocycles. The van der Waals surface area contributed by atoms with E-state index in [9.17, 15) is 0 Å². The molecule has 109 valence electrons. The van der Waals surface area contributed by atoms with Gasteiger partial charge in [0.05, 0.1) is 13.7 Å². The zero-order valence-electron chi connectivity index (χ0n) is 12.8. The van der Waals surface area contributed by atoms with Crippen LogP contribution in [-0.4, -0.2) is 25.1 Å². The van der Waals surface area contributed by atoms with Crippen LogP contribution in [-0.2, 0) is 0 Å². The Labute approximate surface area is 127 Å². The van der Waals surface area contributed by atoms with Gasteiger partial charge in [0, 0.05) is 0 Å². The fourth-order valence-electron chi connectivity index (χ4n) is 2.94. The number of hydrogen-bond acceptors (Lipinski definition) is 2. The van der Waals surface area contributed by atoms with Crippen LogP contribution in [0.3, 0.4) is 0 Å². The second-order valence-corrected chi connectivity index (χ2v) is 5.68. The first-order valence-corrected chi connectivity index (χ1v) is 7.60. The minimum Gasteiger partial charge on any atom is -0.497 e. The van der Waals surface area contributed by atoms with E-state index in [1.807, 2.05) is 12.1 Å². The average Bonchev–Trinajstić information content (AvgIpc) is 3.01. The maximum atomic E-state index is 5.22. The van der Waals surface area contributed by atoms with Crippen LogP contribution in [0.5, 0.6) is 5.75 Å². The van der Waals surface area contributed by atoms with Crippen molar-refractivity contribution in [3.8, 4) is 16.9 Å². The standard InChI is InChI=1S/C19H22NO/c1-15-13-16(14-20-11-3-4-12-20)5-10-19(15)17-6-8-18(21-2)9-7-17/h5-10,13-14H,3-4,11-12H2,1-2H3. The summed E-state index contributed by atoms with van der Waals surface area (Å²) in [5.74, 6) is 0.899. The van der Waals surface area contributed by atoms with Crippen LogP contribution in [0.4, 0.5) is 0 Å². The molecule has 0 atom stereocenters. The molecule has 0 aromatic heterocycles. The summed E-state index contributed by atoms with van der Waals surface area (Å²) in [5.41, 5.74) is 5.14. The monoisotopic (exact) mass is 280 g/mol.